The average Bonchev–Trinajstić information content (AvgIpc) is 3.45. The molecule has 4 aliphatic carbocycles. The monoisotopic (exact) mass is 550 g/mol. The van der Waals surface area contributed by atoms with E-state index in [4.69, 9.17) is 4.74 Å². The number of thioether (sulfide) groups is 1. The van der Waals surface area contributed by atoms with Gasteiger partial charge in [0.15, 0.2) is 5.16 Å². The molecule has 0 aliphatic heterocycles. The van der Waals surface area contributed by atoms with Crippen molar-refractivity contribution in [3.63, 3.8) is 0 Å². The van der Waals surface area contributed by atoms with Crippen LogP contribution in [0.3, 0.4) is 0 Å². The van der Waals surface area contributed by atoms with Crippen molar-refractivity contribution in [2.45, 2.75) is 57.0 Å². The van der Waals surface area contributed by atoms with Gasteiger partial charge in [-0.15, -0.1) is 21.5 Å². The molecule has 1 aromatic carbocycles. The molecule has 38 heavy (non-hydrogen) atoms. The molecule has 200 valence electrons. The summed E-state index contributed by atoms with van der Waals surface area (Å²) in [6, 6.07) is 7.95. The Labute approximate surface area is 231 Å². The number of carbonyl (C=O) groups excluding carboxylic acids is 2. The van der Waals surface area contributed by atoms with Gasteiger partial charge in [0.1, 0.15) is 16.4 Å². The molecule has 4 aliphatic rings. The van der Waals surface area contributed by atoms with Crippen LogP contribution >= 0.6 is 23.1 Å². The number of benzene rings is 1. The van der Waals surface area contributed by atoms with Gasteiger partial charge in [-0.25, -0.2) is 4.79 Å². The summed E-state index contributed by atoms with van der Waals surface area (Å²) in [5.41, 5.74) is 3.59. The first-order valence-corrected chi connectivity index (χ1v) is 15.3. The van der Waals surface area contributed by atoms with Gasteiger partial charge in [-0.2, -0.15) is 0 Å². The lowest BCUT2D eigenvalue weighted by molar-refractivity contribution is -0.113. The van der Waals surface area contributed by atoms with Gasteiger partial charge in [0.2, 0.25) is 5.91 Å². The Kier molecular flexibility index (Phi) is 6.84. The molecule has 2 aromatic heterocycles. The largest absolute Gasteiger partial charge is 0.465 e. The summed E-state index contributed by atoms with van der Waals surface area (Å²) in [5, 5.41) is 15.0. The van der Waals surface area contributed by atoms with Crippen LogP contribution in [0.1, 0.15) is 60.3 Å². The van der Waals surface area contributed by atoms with Crippen LogP contribution in [-0.4, -0.2) is 39.5 Å². The van der Waals surface area contributed by atoms with Crippen LogP contribution in [0.2, 0.25) is 0 Å². The number of rotatable bonds is 8. The van der Waals surface area contributed by atoms with Crippen LogP contribution in [0, 0.1) is 30.1 Å². The van der Waals surface area contributed by atoms with Crippen molar-refractivity contribution in [3.8, 4) is 11.1 Å². The third-order valence-corrected chi connectivity index (χ3v) is 10.7. The van der Waals surface area contributed by atoms with Crippen LogP contribution in [0.5, 0.6) is 0 Å². The van der Waals surface area contributed by atoms with E-state index in [2.05, 4.69) is 20.1 Å². The van der Waals surface area contributed by atoms with Crippen LogP contribution in [-0.2, 0) is 23.0 Å². The molecular formula is C29H34N4O3S2. The van der Waals surface area contributed by atoms with Crippen molar-refractivity contribution in [1.82, 2.24) is 14.8 Å². The van der Waals surface area contributed by atoms with Gasteiger partial charge in [-0.3, -0.25) is 4.79 Å². The summed E-state index contributed by atoms with van der Waals surface area (Å²) >= 11 is 2.71. The Bertz CT molecular complexity index is 1330. The third kappa shape index (κ3) is 4.91. The quantitative estimate of drug-likeness (QED) is 0.268. The second-order valence-corrected chi connectivity index (χ2v) is 13.4. The van der Waals surface area contributed by atoms with E-state index in [1.807, 2.05) is 43.6 Å². The molecule has 1 amide bonds. The highest BCUT2D eigenvalue weighted by molar-refractivity contribution is 7.99. The van der Waals surface area contributed by atoms with Crippen molar-refractivity contribution in [2.75, 3.05) is 18.2 Å². The Morgan fingerprint density at radius 3 is 2.39 bits per heavy atom. The maximum atomic E-state index is 12.9. The molecule has 7 rings (SSSR count). The number of carbonyl (C=O) groups is 2. The molecular weight excluding hydrogens is 516 g/mol. The first kappa shape index (κ1) is 25.6. The fourth-order valence-corrected chi connectivity index (χ4v) is 9.16. The fourth-order valence-electron chi connectivity index (χ4n) is 7.46. The SMILES string of the molecule is COC(=O)c1c(-c2ccc(C)cc2)csc1NC(=O)CSc1nnc(CC23CC4CC(CC(C4)C2)C3)n1C. The van der Waals surface area contributed by atoms with E-state index in [1.54, 1.807) is 0 Å². The minimum Gasteiger partial charge on any atom is -0.465 e. The summed E-state index contributed by atoms with van der Waals surface area (Å²) in [6.07, 6.45) is 9.31. The molecule has 4 bridgehead atoms. The van der Waals surface area contributed by atoms with Gasteiger partial charge in [-0.05, 0) is 74.2 Å². The number of anilines is 1. The molecule has 3 aromatic rings. The van der Waals surface area contributed by atoms with Crippen LogP contribution in [0.4, 0.5) is 5.00 Å². The second-order valence-electron chi connectivity index (χ2n) is 11.6. The molecule has 4 saturated carbocycles. The van der Waals surface area contributed by atoms with Gasteiger partial charge in [0.05, 0.1) is 12.9 Å². The van der Waals surface area contributed by atoms with E-state index in [-0.39, 0.29) is 11.7 Å². The van der Waals surface area contributed by atoms with E-state index in [0.29, 0.717) is 16.0 Å². The Morgan fingerprint density at radius 2 is 1.76 bits per heavy atom. The number of ether oxygens (including phenoxy) is 1. The first-order valence-electron chi connectivity index (χ1n) is 13.4. The van der Waals surface area contributed by atoms with E-state index in [9.17, 15) is 9.59 Å². The zero-order valence-electron chi connectivity index (χ0n) is 22.2. The highest BCUT2D eigenvalue weighted by Crippen LogP contribution is 2.61. The molecule has 0 atom stereocenters. The zero-order valence-corrected chi connectivity index (χ0v) is 23.8. The zero-order chi connectivity index (χ0) is 26.4. The summed E-state index contributed by atoms with van der Waals surface area (Å²) in [4.78, 5) is 25.6. The normalized spacial score (nSPS) is 25.5. The highest BCUT2D eigenvalue weighted by Gasteiger charge is 2.51. The number of aryl methyl sites for hydroxylation is 1. The molecule has 2 heterocycles. The summed E-state index contributed by atoms with van der Waals surface area (Å²) in [6.45, 7) is 2.02. The maximum Gasteiger partial charge on any atom is 0.341 e. The predicted molar refractivity (Wildman–Crippen MR) is 150 cm³/mol. The number of thiophene rings is 1. The van der Waals surface area contributed by atoms with E-state index in [1.165, 1.54) is 68.7 Å². The minimum atomic E-state index is -0.465. The van der Waals surface area contributed by atoms with Crippen molar-refractivity contribution in [2.24, 2.45) is 30.2 Å². The van der Waals surface area contributed by atoms with Gasteiger partial charge in [-0.1, -0.05) is 41.6 Å². The number of amides is 1. The maximum absolute atomic E-state index is 12.9. The van der Waals surface area contributed by atoms with Crippen molar-refractivity contribution in [1.29, 1.82) is 0 Å². The van der Waals surface area contributed by atoms with E-state index >= 15 is 0 Å². The number of nitrogens with zero attached hydrogens (tertiary/aromatic N) is 3. The van der Waals surface area contributed by atoms with Crippen molar-refractivity contribution >= 4 is 40.0 Å². The number of nitrogens with one attached hydrogen (secondary N) is 1. The predicted octanol–water partition coefficient (Wildman–Crippen LogP) is 6.13. The summed E-state index contributed by atoms with van der Waals surface area (Å²) in [5.74, 6) is 3.28. The first-order chi connectivity index (χ1) is 18.3. The summed E-state index contributed by atoms with van der Waals surface area (Å²) in [7, 11) is 3.37. The average molecular weight is 551 g/mol. The summed E-state index contributed by atoms with van der Waals surface area (Å²) < 4.78 is 7.11. The number of hydrogen-bond donors (Lipinski definition) is 1. The van der Waals surface area contributed by atoms with Crippen LogP contribution in [0.15, 0.2) is 34.8 Å². The smallest absolute Gasteiger partial charge is 0.341 e. The molecule has 0 radical (unpaired) electrons. The van der Waals surface area contributed by atoms with Crippen LogP contribution < -0.4 is 5.32 Å². The molecule has 7 nitrogen and oxygen atoms in total. The lowest BCUT2D eigenvalue weighted by Crippen LogP contribution is -2.47. The van der Waals surface area contributed by atoms with Crippen LogP contribution in [0.25, 0.3) is 11.1 Å². The Balaban J connectivity index is 1.11. The molecule has 0 saturated heterocycles. The van der Waals surface area contributed by atoms with E-state index in [0.717, 1.165) is 51.8 Å². The molecule has 0 spiro atoms. The van der Waals surface area contributed by atoms with Gasteiger partial charge < -0.3 is 14.6 Å². The molecule has 4 fully saturated rings. The minimum absolute atomic E-state index is 0.182. The lowest BCUT2D eigenvalue weighted by Gasteiger charge is -2.56. The van der Waals surface area contributed by atoms with Crippen molar-refractivity contribution < 1.29 is 14.3 Å². The Morgan fingerprint density at radius 1 is 1.11 bits per heavy atom. The third-order valence-electron chi connectivity index (χ3n) is 8.75. The molecule has 9 heteroatoms. The molecule has 1 N–H and O–H groups in total. The number of esters is 1. The van der Waals surface area contributed by atoms with Crippen molar-refractivity contribution in [3.05, 3.63) is 46.6 Å². The standard InChI is InChI=1S/C29H34N4O3S2/c1-17-4-6-21(7-5-17)22-15-37-26(25(22)27(35)36-3)30-24(34)16-38-28-32-31-23(33(28)2)14-29-11-18-8-19(12-29)10-20(9-18)13-29/h4-7,15,18-20H,8-14,16H2,1-3H3,(H,30,34). The highest BCUT2D eigenvalue weighted by atomic mass is 32.2. The van der Waals surface area contributed by atoms with Gasteiger partial charge in [0.25, 0.3) is 0 Å². The van der Waals surface area contributed by atoms with E-state index < -0.39 is 5.97 Å². The number of hydrogen-bond acceptors (Lipinski definition) is 7. The van der Waals surface area contributed by atoms with Gasteiger partial charge >= 0.3 is 5.97 Å². The second kappa shape index (κ2) is 10.2. The number of aromatic nitrogens is 3. The van der Waals surface area contributed by atoms with Gasteiger partial charge in [0, 0.05) is 24.4 Å². The fraction of sp³-hybridized carbons (Fsp3) is 0.517. The Hall–Kier alpha value is -2.65. The molecule has 0 unspecified atom stereocenters. The number of methoxy groups -OCH3 is 1. The topological polar surface area (TPSA) is 86.1 Å². The lowest BCUT2D eigenvalue weighted by atomic mass is 9.49.